The van der Waals surface area contributed by atoms with Gasteiger partial charge in [-0.05, 0) is 56.5 Å². The molecule has 3 aromatic heterocycles. The van der Waals surface area contributed by atoms with E-state index in [2.05, 4.69) is 16.5 Å². The number of nitrogens with zero attached hydrogens (tertiary/aromatic N) is 6. The average molecular weight is 617 g/mol. The first-order valence-electron chi connectivity index (χ1n) is 14.9. The zero-order chi connectivity index (χ0) is 32.2. The fourth-order valence-electron chi connectivity index (χ4n) is 6.16. The Hall–Kier alpha value is -4.87. The number of piperazine rings is 1. The summed E-state index contributed by atoms with van der Waals surface area (Å²) >= 11 is 0. The molecule has 1 saturated heterocycles. The normalized spacial score (nSPS) is 18.0. The molecule has 0 aliphatic carbocycles. The smallest absolute Gasteiger partial charge is 0.356 e. The van der Waals surface area contributed by atoms with Crippen LogP contribution < -0.4 is 20.1 Å². The molecule has 0 radical (unpaired) electrons. The van der Waals surface area contributed by atoms with Crippen LogP contribution in [0.3, 0.4) is 0 Å². The number of carbonyl (C=O) groups excluding carboxylic acids is 1. The van der Waals surface area contributed by atoms with Crippen LogP contribution in [0.25, 0.3) is 28.0 Å². The number of halogens is 2. The van der Waals surface area contributed by atoms with Gasteiger partial charge in [-0.1, -0.05) is 20.4 Å². The molecule has 2 aliphatic rings. The predicted octanol–water partition coefficient (Wildman–Crippen LogP) is 4.94. The minimum absolute atomic E-state index is 0.0171. The minimum atomic E-state index is -0.751. The van der Waals surface area contributed by atoms with Crippen LogP contribution in [0, 0.1) is 18.6 Å². The summed E-state index contributed by atoms with van der Waals surface area (Å²) in [6.45, 7) is 13.8. The van der Waals surface area contributed by atoms with E-state index in [0.29, 0.717) is 47.0 Å². The second kappa shape index (κ2) is 11.6. The van der Waals surface area contributed by atoms with Crippen molar-refractivity contribution >= 4 is 22.8 Å². The van der Waals surface area contributed by atoms with Gasteiger partial charge in [0.25, 0.3) is 0 Å². The van der Waals surface area contributed by atoms with Crippen LogP contribution in [0.15, 0.2) is 47.9 Å². The van der Waals surface area contributed by atoms with Crippen molar-refractivity contribution < 1.29 is 23.0 Å². The molecule has 0 saturated carbocycles. The molecule has 0 N–H and O–H groups in total. The number of ether oxygens (including phenoxy) is 2. The summed E-state index contributed by atoms with van der Waals surface area (Å²) in [5.74, 6) is -1.34. The zero-order valence-electron chi connectivity index (χ0n) is 25.8. The van der Waals surface area contributed by atoms with Crippen molar-refractivity contribution in [3.8, 4) is 28.4 Å². The Morgan fingerprint density at radius 2 is 1.80 bits per heavy atom. The number of hydrogen-bond acceptors (Lipinski definition) is 8. The monoisotopic (exact) mass is 616 g/mol. The number of hydrogen-bond donors (Lipinski definition) is 0. The van der Waals surface area contributed by atoms with Crippen LogP contribution in [0.2, 0.25) is 0 Å². The van der Waals surface area contributed by atoms with Crippen molar-refractivity contribution in [2.45, 2.75) is 52.6 Å². The summed E-state index contributed by atoms with van der Waals surface area (Å²) in [5.41, 5.74) is 0.968. The number of fused-ring (bicyclic) bond motifs is 5. The highest BCUT2D eigenvalue weighted by atomic mass is 19.1. The third kappa shape index (κ3) is 5.07. The molecule has 6 rings (SSSR count). The largest absolute Gasteiger partial charge is 0.488 e. The lowest BCUT2D eigenvalue weighted by molar-refractivity contribution is -0.128. The first-order chi connectivity index (χ1) is 21.5. The second-order valence-electron chi connectivity index (χ2n) is 11.8. The molecule has 2 aliphatic heterocycles. The molecule has 45 heavy (non-hydrogen) atoms. The van der Waals surface area contributed by atoms with Gasteiger partial charge in [-0.2, -0.15) is 4.98 Å². The number of carbonyl (C=O) groups is 1. The van der Waals surface area contributed by atoms with E-state index in [-0.39, 0.29) is 59.8 Å². The lowest BCUT2D eigenvalue weighted by Gasteiger charge is -2.44. The first-order valence-corrected chi connectivity index (χ1v) is 14.9. The van der Waals surface area contributed by atoms with E-state index < -0.39 is 17.3 Å². The Balaban J connectivity index is 1.70. The molecule has 10 nitrogen and oxygen atoms in total. The van der Waals surface area contributed by atoms with E-state index in [9.17, 15) is 9.59 Å². The molecule has 234 valence electrons. The number of amides is 1. The van der Waals surface area contributed by atoms with Gasteiger partial charge in [0.1, 0.15) is 36.3 Å². The van der Waals surface area contributed by atoms with Gasteiger partial charge in [0.2, 0.25) is 5.91 Å². The maximum atomic E-state index is 15.5. The summed E-state index contributed by atoms with van der Waals surface area (Å²) in [5, 5.41) is 0.513. The minimum Gasteiger partial charge on any atom is -0.488 e. The highest BCUT2D eigenvalue weighted by molar-refractivity contribution is 5.92. The summed E-state index contributed by atoms with van der Waals surface area (Å²) in [6.07, 6.45) is 2.89. The number of pyridine rings is 2. The quantitative estimate of drug-likeness (QED) is 0.299. The summed E-state index contributed by atoms with van der Waals surface area (Å²) in [4.78, 5) is 44.6. The van der Waals surface area contributed by atoms with Crippen molar-refractivity contribution in [2.24, 2.45) is 0 Å². The van der Waals surface area contributed by atoms with Gasteiger partial charge in [-0.3, -0.25) is 9.78 Å². The molecule has 1 aromatic carbocycles. The van der Waals surface area contributed by atoms with E-state index in [1.807, 2.05) is 32.6 Å². The SMILES string of the molecule is C=CC(=O)N1C[C@H](C)N(c2nc(=O)n3c4nc(c(C)cc24)-c2c(F)ccc(F)c2OCCOc2ccnc(C(C)C)c2-3)C[C@H]1C. The number of anilines is 1. The van der Waals surface area contributed by atoms with Crippen LogP contribution in [-0.2, 0) is 4.79 Å². The molecule has 4 aromatic rings. The van der Waals surface area contributed by atoms with Crippen molar-refractivity contribution in [2.75, 3.05) is 31.2 Å². The maximum Gasteiger partial charge on any atom is 0.356 e. The highest BCUT2D eigenvalue weighted by Gasteiger charge is 2.34. The van der Waals surface area contributed by atoms with Gasteiger partial charge in [0, 0.05) is 37.4 Å². The van der Waals surface area contributed by atoms with Crippen LogP contribution in [0.5, 0.6) is 11.5 Å². The lowest BCUT2D eigenvalue weighted by Crippen LogP contribution is -2.58. The van der Waals surface area contributed by atoms with Crippen molar-refractivity contribution in [1.29, 1.82) is 0 Å². The Morgan fingerprint density at radius 1 is 1.07 bits per heavy atom. The van der Waals surface area contributed by atoms with E-state index in [1.54, 1.807) is 30.2 Å². The van der Waals surface area contributed by atoms with E-state index in [0.717, 1.165) is 12.1 Å². The molecule has 0 unspecified atom stereocenters. The van der Waals surface area contributed by atoms with Crippen LogP contribution in [-0.4, -0.2) is 68.7 Å². The fourth-order valence-corrected chi connectivity index (χ4v) is 6.16. The van der Waals surface area contributed by atoms with Crippen molar-refractivity contribution in [1.82, 2.24) is 24.4 Å². The van der Waals surface area contributed by atoms with Gasteiger partial charge >= 0.3 is 5.69 Å². The van der Waals surface area contributed by atoms with E-state index in [4.69, 9.17) is 14.5 Å². The van der Waals surface area contributed by atoms with Crippen molar-refractivity contribution in [3.05, 3.63) is 76.5 Å². The Labute approximate surface area is 258 Å². The van der Waals surface area contributed by atoms with Gasteiger partial charge in [-0.25, -0.2) is 23.1 Å². The Kier molecular flexibility index (Phi) is 7.75. The van der Waals surface area contributed by atoms with E-state index in [1.165, 1.54) is 10.6 Å². The topological polar surface area (TPSA) is 103 Å². The zero-order valence-corrected chi connectivity index (χ0v) is 25.8. The number of benzene rings is 1. The molecule has 0 spiro atoms. The summed E-state index contributed by atoms with van der Waals surface area (Å²) < 4.78 is 43.9. The van der Waals surface area contributed by atoms with Gasteiger partial charge in [0.05, 0.1) is 22.3 Å². The lowest BCUT2D eigenvalue weighted by atomic mass is 10.0. The third-order valence-electron chi connectivity index (χ3n) is 8.32. The standard InChI is InChI=1S/C33H34F2N6O4/c1-7-25(42)39-15-20(6)40(16-19(39)5)31-21-14-18(4)28-26-22(34)8-9-23(35)30(26)45-13-12-44-24-10-11-36-27(17(2)3)29(24)41(32(21)37-28)33(43)38-31/h7-11,14,17,19-20H,1,12-13,15-16H2,2-6H3/t19-,20+/m1/s1. The molecule has 2 atom stereocenters. The fraction of sp³-hybridized carbons (Fsp3) is 0.364. The van der Waals surface area contributed by atoms with Gasteiger partial charge in [0.15, 0.2) is 17.2 Å². The second-order valence-corrected chi connectivity index (χ2v) is 11.8. The molecule has 12 heteroatoms. The van der Waals surface area contributed by atoms with Gasteiger partial charge in [-0.15, -0.1) is 0 Å². The van der Waals surface area contributed by atoms with E-state index >= 15 is 8.78 Å². The van der Waals surface area contributed by atoms with Crippen LogP contribution in [0.1, 0.15) is 44.9 Å². The highest BCUT2D eigenvalue weighted by Crippen LogP contribution is 2.40. The van der Waals surface area contributed by atoms with Crippen molar-refractivity contribution in [3.63, 3.8) is 0 Å². The average Bonchev–Trinajstić information content (AvgIpc) is 3.00. The molecule has 1 amide bonds. The molecular weight excluding hydrogens is 582 g/mol. The number of aromatic nitrogens is 4. The molecule has 2 bridgehead atoms. The maximum absolute atomic E-state index is 15.5. The van der Waals surface area contributed by atoms with Gasteiger partial charge < -0.3 is 19.3 Å². The molecule has 1 fully saturated rings. The summed E-state index contributed by atoms with van der Waals surface area (Å²) in [6, 6.07) is 5.03. The van der Waals surface area contributed by atoms with Crippen LogP contribution >= 0.6 is 0 Å². The number of rotatable bonds is 3. The summed E-state index contributed by atoms with van der Waals surface area (Å²) in [7, 11) is 0. The molecule has 5 heterocycles. The number of aryl methyl sites for hydroxylation is 1. The molecular formula is C33H34F2N6O4. The third-order valence-corrected chi connectivity index (χ3v) is 8.32. The van der Waals surface area contributed by atoms with Crippen LogP contribution in [0.4, 0.5) is 14.6 Å². The predicted molar refractivity (Wildman–Crippen MR) is 166 cm³/mol. The Morgan fingerprint density at radius 3 is 2.53 bits per heavy atom. The Bertz CT molecular complexity index is 1910. The first kappa shape index (κ1) is 30.2.